The summed E-state index contributed by atoms with van der Waals surface area (Å²) < 4.78 is 4.59. The van der Waals surface area contributed by atoms with Gasteiger partial charge in [0.05, 0.1) is 10.0 Å². The average Bonchev–Trinajstić information content (AvgIpc) is 3.27. The second-order valence-electron chi connectivity index (χ2n) is 4.16. The van der Waals surface area contributed by atoms with Crippen LogP contribution in [-0.4, -0.2) is 29.4 Å². The van der Waals surface area contributed by atoms with Crippen molar-refractivity contribution in [3.05, 3.63) is 58.4 Å². The van der Waals surface area contributed by atoms with E-state index in [2.05, 4.69) is 11.3 Å². The van der Waals surface area contributed by atoms with E-state index in [1.165, 1.54) is 30.5 Å². The van der Waals surface area contributed by atoms with Gasteiger partial charge in [-0.15, -0.1) is 0 Å². The molecule has 0 saturated carbocycles. The second kappa shape index (κ2) is 6.64. The Morgan fingerprint density at radius 3 is 2.64 bits per heavy atom. The van der Waals surface area contributed by atoms with Crippen molar-refractivity contribution in [1.29, 1.82) is 0 Å². The number of Topliss-reactive ketones (excluding diaryl/α,β-unsaturated/α-hetero) is 1. The molecule has 0 spiro atoms. The summed E-state index contributed by atoms with van der Waals surface area (Å²) in [6.07, 6.45) is 1.73. The van der Waals surface area contributed by atoms with Gasteiger partial charge in [-0.25, -0.2) is 14.9 Å². The molecule has 0 bridgehead atoms. The number of carbonyl (C=O) groups is 3. The van der Waals surface area contributed by atoms with Crippen LogP contribution < -0.4 is 5.32 Å². The molecule has 1 heterocycles. The summed E-state index contributed by atoms with van der Waals surface area (Å²) in [5, 5.41) is 2.52. The Bertz CT molecular complexity index is 700. The molecule has 1 aliphatic rings. The van der Waals surface area contributed by atoms with Crippen LogP contribution in [0.1, 0.15) is 10.4 Å². The molecular formula is C14H10Cl2N2O4. The Morgan fingerprint density at radius 1 is 1.27 bits per heavy atom. The molecule has 1 aliphatic heterocycles. The number of rotatable bonds is 4. The number of carbonyl (C=O) groups excluding carboxylic acids is 3. The van der Waals surface area contributed by atoms with E-state index in [4.69, 9.17) is 23.2 Å². The lowest BCUT2D eigenvalue weighted by molar-refractivity contribution is 0.102. The highest BCUT2D eigenvalue weighted by Crippen LogP contribution is 2.28. The Balaban J connectivity index is 1.93. The maximum Gasteiger partial charge on any atom is 0.415 e. The topological polar surface area (TPSA) is 75.5 Å². The Morgan fingerprint density at radius 2 is 2.00 bits per heavy atom. The van der Waals surface area contributed by atoms with E-state index in [1.54, 1.807) is 0 Å². The number of imide groups is 1. The summed E-state index contributed by atoms with van der Waals surface area (Å²) in [5.41, 5.74) is 0.414. The zero-order valence-electron chi connectivity index (χ0n) is 11.1. The van der Waals surface area contributed by atoms with Gasteiger partial charge in [0.15, 0.2) is 0 Å². The fourth-order valence-corrected chi connectivity index (χ4v) is 1.83. The Kier molecular flexibility index (Phi) is 4.85. The van der Waals surface area contributed by atoms with Crippen molar-refractivity contribution >= 4 is 41.1 Å². The minimum absolute atomic E-state index is 0.0262. The number of hydrogen-bond acceptors (Lipinski definition) is 4. The van der Waals surface area contributed by atoms with Crippen LogP contribution in [0.3, 0.4) is 0 Å². The van der Waals surface area contributed by atoms with Gasteiger partial charge in [-0.05, 0) is 18.2 Å². The van der Waals surface area contributed by atoms with Gasteiger partial charge in [0.2, 0.25) is 5.78 Å². The maximum atomic E-state index is 12.1. The van der Waals surface area contributed by atoms with Crippen molar-refractivity contribution in [2.45, 2.75) is 0 Å². The first-order chi connectivity index (χ1) is 10.4. The van der Waals surface area contributed by atoms with Gasteiger partial charge in [-0.1, -0.05) is 35.9 Å². The SMILES string of the molecule is C=CCOC(=O)NC(=O)N1C=C1C(=O)c1ccc(Cl)c(Cl)c1. The third-order valence-electron chi connectivity index (χ3n) is 2.62. The van der Waals surface area contributed by atoms with Crippen molar-refractivity contribution in [2.24, 2.45) is 0 Å². The number of hydrogen-bond donors (Lipinski definition) is 1. The molecular weight excluding hydrogens is 331 g/mol. The number of benzene rings is 1. The van der Waals surface area contributed by atoms with E-state index >= 15 is 0 Å². The molecule has 0 fully saturated rings. The second-order valence-corrected chi connectivity index (χ2v) is 4.97. The average molecular weight is 341 g/mol. The molecule has 1 N–H and O–H groups in total. The van der Waals surface area contributed by atoms with Crippen molar-refractivity contribution in [3.63, 3.8) is 0 Å². The van der Waals surface area contributed by atoms with Crippen LogP contribution in [0.5, 0.6) is 0 Å². The van der Waals surface area contributed by atoms with Crippen LogP contribution >= 0.6 is 23.2 Å². The first-order valence-electron chi connectivity index (χ1n) is 6.03. The largest absolute Gasteiger partial charge is 0.445 e. The highest BCUT2D eigenvalue weighted by Gasteiger charge is 2.35. The molecule has 1 aromatic rings. The van der Waals surface area contributed by atoms with E-state index in [0.29, 0.717) is 5.02 Å². The highest BCUT2D eigenvalue weighted by atomic mass is 35.5. The van der Waals surface area contributed by atoms with Crippen molar-refractivity contribution in [1.82, 2.24) is 10.2 Å². The normalized spacial score (nSPS) is 12.3. The monoisotopic (exact) mass is 340 g/mol. The van der Waals surface area contributed by atoms with Gasteiger partial charge in [0, 0.05) is 11.8 Å². The minimum atomic E-state index is -0.925. The van der Waals surface area contributed by atoms with Gasteiger partial charge in [0.1, 0.15) is 12.3 Å². The van der Waals surface area contributed by atoms with Gasteiger partial charge < -0.3 is 4.74 Å². The van der Waals surface area contributed by atoms with Crippen LogP contribution in [0.25, 0.3) is 0 Å². The van der Waals surface area contributed by atoms with Gasteiger partial charge in [-0.2, -0.15) is 0 Å². The fourth-order valence-electron chi connectivity index (χ4n) is 1.53. The summed E-state index contributed by atoms with van der Waals surface area (Å²) in [4.78, 5) is 36.0. The smallest absolute Gasteiger partial charge is 0.415 e. The number of halogens is 2. The first-order valence-corrected chi connectivity index (χ1v) is 6.79. The number of nitrogens with zero attached hydrogens (tertiary/aromatic N) is 1. The zero-order chi connectivity index (χ0) is 16.3. The Labute approximate surface area is 135 Å². The van der Waals surface area contributed by atoms with Crippen molar-refractivity contribution < 1.29 is 19.1 Å². The van der Waals surface area contributed by atoms with Crippen molar-refractivity contribution in [2.75, 3.05) is 6.61 Å². The predicted molar refractivity (Wildman–Crippen MR) is 80.8 cm³/mol. The molecule has 0 atom stereocenters. The third kappa shape index (κ3) is 3.66. The molecule has 3 amide bonds. The molecule has 0 aliphatic carbocycles. The summed E-state index contributed by atoms with van der Waals surface area (Å²) in [6, 6.07) is 3.60. The highest BCUT2D eigenvalue weighted by molar-refractivity contribution is 6.42. The van der Waals surface area contributed by atoms with E-state index in [9.17, 15) is 14.4 Å². The molecule has 8 heteroatoms. The third-order valence-corrected chi connectivity index (χ3v) is 3.36. The molecule has 0 radical (unpaired) electrons. The van der Waals surface area contributed by atoms with Gasteiger partial charge in [0.25, 0.3) is 0 Å². The van der Waals surface area contributed by atoms with E-state index in [-0.39, 0.29) is 22.9 Å². The summed E-state index contributed by atoms with van der Waals surface area (Å²) in [5.74, 6) is -0.409. The van der Waals surface area contributed by atoms with E-state index < -0.39 is 17.9 Å². The molecule has 22 heavy (non-hydrogen) atoms. The Hall–Kier alpha value is -2.31. The molecule has 2 rings (SSSR count). The fraction of sp³-hybridized carbons (Fsp3) is 0.0714. The predicted octanol–water partition coefficient (Wildman–Crippen LogP) is 3.37. The van der Waals surface area contributed by atoms with Crippen molar-refractivity contribution in [3.8, 4) is 0 Å². The van der Waals surface area contributed by atoms with E-state index in [1.807, 2.05) is 5.32 Å². The lowest BCUT2D eigenvalue weighted by Crippen LogP contribution is -2.35. The van der Waals surface area contributed by atoms with Crippen LogP contribution in [0.4, 0.5) is 9.59 Å². The number of amides is 3. The minimum Gasteiger partial charge on any atom is -0.445 e. The zero-order valence-corrected chi connectivity index (χ0v) is 12.6. The number of allylic oxidation sites excluding steroid dienone is 1. The summed E-state index contributed by atoms with van der Waals surface area (Å²) in [6.45, 7) is 3.34. The number of ketones is 1. The molecule has 0 saturated heterocycles. The molecule has 6 nitrogen and oxygen atoms in total. The lowest BCUT2D eigenvalue weighted by Gasteiger charge is -2.06. The molecule has 0 aromatic heterocycles. The van der Waals surface area contributed by atoms with E-state index in [0.717, 1.165) is 4.90 Å². The molecule has 1 aromatic carbocycles. The van der Waals surface area contributed by atoms with Gasteiger partial charge in [-0.3, -0.25) is 9.69 Å². The summed E-state index contributed by atoms with van der Waals surface area (Å²) in [7, 11) is 0. The number of nitrogens with one attached hydrogen (secondary N) is 1. The quantitative estimate of drug-likeness (QED) is 0.673. The number of urea groups is 1. The van der Waals surface area contributed by atoms with Gasteiger partial charge >= 0.3 is 12.1 Å². The number of ether oxygens (including phenoxy) is 1. The first kappa shape index (κ1) is 16.1. The standard InChI is InChI=1S/C14H10Cl2N2O4/c1-2-5-22-14(21)17-13(20)18-7-11(18)12(19)8-3-4-9(15)10(16)6-8/h2-4,6-7H,1,5H2,(H,17,20,21). The molecule has 0 unspecified atom stereocenters. The van der Waals surface area contributed by atoms with Crippen LogP contribution in [-0.2, 0) is 4.74 Å². The lowest BCUT2D eigenvalue weighted by atomic mass is 10.1. The number of alkyl carbamates (subject to hydrolysis) is 1. The maximum absolute atomic E-state index is 12.1. The van der Waals surface area contributed by atoms with Crippen LogP contribution in [0.2, 0.25) is 10.0 Å². The van der Waals surface area contributed by atoms with Crippen LogP contribution in [0, 0.1) is 0 Å². The van der Waals surface area contributed by atoms with Crippen LogP contribution in [0.15, 0.2) is 42.8 Å². The molecule has 114 valence electrons. The summed E-state index contributed by atoms with van der Waals surface area (Å²) >= 11 is 11.6.